The Morgan fingerprint density at radius 2 is 2.06 bits per heavy atom. The van der Waals surface area contributed by atoms with E-state index in [4.69, 9.17) is 16.6 Å². The van der Waals surface area contributed by atoms with Gasteiger partial charge >= 0.3 is 5.97 Å². The number of nitrogen functional groups attached to an aromatic ring is 1. The fourth-order valence-corrected chi connectivity index (χ4v) is 1.12. The molecule has 1 atom stereocenters. The highest BCUT2D eigenvalue weighted by molar-refractivity contribution is 5.98. The second-order valence-corrected chi connectivity index (χ2v) is 3.37. The zero-order valence-electron chi connectivity index (χ0n) is 9.12. The number of hydrogen-bond acceptors (Lipinski definition) is 7. The van der Waals surface area contributed by atoms with Crippen LogP contribution in [0.3, 0.4) is 0 Å². The summed E-state index contributed by atoms with van der Waals surface area (Å²) in [5.41, 5.74) is 9.84. The third kappa shape index (κ3) is 3.43. The van der Waals surface area contributed by atoms with Crippen LogP contribution in [0.5, 0.6) is 0 Å². The Morgan fingerprint density at radius 3 is 2.50 bits per heavy atom. The van der Waals surface area contributed by atoms with Crippen molar-refractivity contribution in [2.24, 2.45) is 5.73 Å². The van der Waals surface area contributed by atoms with E-state index in [0.29, 0.717) is 0 Å². The summed E-state index contributed by atoms with van der Waals surface area (Å²) in [6.45, 7) is 0. The molecule has 0 aromatic carbocycles. The zero-order chi connectivity index (χ0) is 13.7. The third-order valence-corrected chi connectivity index (χ3v) is 2.01. The average Bonchev–Trinajstić information content (AvgIpc) is 2.69. The van der Waals surface area contributed by atoms with Gasteiger partial charge in [-0.2, -0.15) is 0 Å². The van der Waals surface area contributed by atoms with Gasteiger partial charge in [0.25, 0.3) is 5.91 Å². The highest BCUT2D eigenvalue weighted by Crippen LogP contribution is 2.05. The minimum Gasteiger partial charge on any atom is -0.480 e. The maximum Gasteiger partial charge on any atom is 0.326 e. The van der Waals surface area contributed by atoms with Crippen molar-refractivity contribution in [3.8, 4) is 0 Å². The SMILES string of the molecule is NC(=O)CC[C@@H](NC(=O)c1nonc1N)C(=O)O. The number of carboxylic acid groups (broad SMARTS) is 1. The molecule has 0 bridgehead atoms. The van der Waals surface area contributed by atoms with E-state index in [2.05, 4.69) is 20.3 Å². The number of anilines is 1. The molecule has 10 heteroatoms. The summed E-state index contributed by atoms with van der Waals surface area (Å²) in [7, 11) is 0. The first-order chi connectivity index (χ1) is 8.41. The molecule has 0 aliphatic heterocycles. The highest BCUT2D eigenvalue weighted by atomic mass is 16.6. The number of primary amides is 1. The Bertz CT molecular complexity index is 470. The van der Waals surface area contributed by atoms with Crippen molar-refractivity contribution in [1.82, 2.24) is 15.6 Å². The smallest absolute Gasteiger partial charge is 0.326 e. The molecule has 0 unspecified atom stereocenters. The molecule has 10 nitrogen and oxygen atoms in total. The van der Waals surface area contributed by atoms with Gasteiger partial charge < -0.3 is 21.9 Å². The van der Waals surface area contributed by atoms with Crippen molar-refractivity contribution in [2.45, 2.75) is 18.9 Å². The number of amides is 2. The van der Waals surface area contributed by atoms with E-state index in [-0.39, 0.29) is 24.4 Å². The van der Waals surface area contributed by atoms with Gasteiger partial charge in [0, 0.05) is 6.42 Å². The molecule has 0 saturated carbocycles. The van der Waals surface area contributed by atoms with Crippen molar-refractivity contribution in [2.75, 3.05) is 5.73 Å². The summed E-state index contributed by atoms with van der Waals surface area (Å²) in [4.78, 5) is 33.0. The summed E-state index contributed by atoms with van der Waals surface area (Å²) in [6.07, 6.45) is -0.314. The topological polar surface area (TPSA) is 174 Å². The number of carbonyl (C=O) groups excluding carboxylic acids is 2. The Labute approximate surface area is 100 Å². The molecule has 1 aromatic heterocycles. The molecule has 0 saturated heterocycles. The number of nitrogens with zero attached hydrogens (tertiary/aromatic N) is 2. The Kier molecular flexibility index (Phi) is 4.18. The van der Waals surface area contributed by atoms with Crippen LogP contribution < -0.4 is 16.8 Å². The molecule has 18 heavy (non-hydrogen) atoms. The number of nitrogens with two attached hydrogens (primary N) is 2. The summed E-state index contributed by atoms with van der Waals surface area (Å²) in [6, 6.07) is -1.28. The number of rotatable bonds is 6. The van der Waals surface area contributed by atoms with Crippen LogP contribution >= 0.6 is 0 Å². The second-order valence-electron chi connectivity index (χ2n) is 3.37. The molecular weight excluding hydrogens is 246 g/mol. The van der Waals surface area contributed by atoms with Crippen LogP contribution in [0.2, 0.25) is 0 Å². The Balaban J connectivity index is 2.67. The van der Waals surface area contributed by atoms with Gasteiger partial charge in [0.05, 0.1) is 0 Å². The monoisotopic (exact) mass is 257 g/mol. The van der Waals surface area contributed by atoms with E-state index in [1.807, 2.05) is 0 Å². The van der Waals surface area contributed by atoms with Crippen molar-refractivity contribution in [3.05, 3.63) is 5.69 Å². The largest absolute Gasteiger partial charge is 0.480 e. The number of hydrogen-bond donors (Lipinski definition) is 4. The Hall–Kier alpha value is -2.65. The highest BCUT2D eigenvalue weighted by Gasteiger charge is 2.24. The second kappa shape index (κ2) is 5.61. The van der Waals surface area contributed by atoms with Gasteiger partial charge in [-0.3, -0.25) is 9.59 Å². The van der Waals surface area contributed by atoms with Crippen molar-refractivity contribution >= 4 is 23.6 Å². The van der Waals surface area contributed by atoms with Crippen LogP contribution in [-0.2, 0) is 9.59 Å². The van der Waals surface area contributed by atoms with Crippen LogP contribution in [0.1, 0.15) is 23.3 Å². The number of nitrogens with one attached hydrogen (secondary N) is 1. The predicted octanol–water partition coefficient (Wildman–Crippen LogP) is -1.90. The zero-order valence-corrected chi connectivity index (χ0v) is 9.12. The molecule has 0 fully saturated rings. The van der Waals surface area contributed by atoms with Crippen LogP contribution in [0.15, 0.2) is 4.63 Å². The van der Waals surface area contributed by atoms with E-state index in [9.17, 15) is 14.4 Å². The third-order valence-electron chi connectivity index (χ3n) is 2.01. The van der Waals surface area contributed by atoms with Crippen LogP contribution in [0, 0.1) is 0 Å². The summed E-state index contributed by atoms with van der Waals surface area (Å²) < 4.78 is 4.20. The Morgan fingerprint density at radius 1 is 1.39 bits per heavy atom. The van der Waals surface area contributed by atoms with E-state index in [0.717, 1.165) is 0 Å². The van der Waals surface area contributed by atoms with Crippen molar-refractivity contribution in [3.63, 3.8) is 0 Å². The van der Waals surface area contributed by atoms with E-state index < -0.39 is 23.8 Å². The fourth-order valence-electron chi connectivity index (χ4n) is 1.12. The summed E-state index contributed by atoms with van der Waals surface area (Å²) >= 11 is 0. The lowest BCUT2D eigenvalue weighted by molar-refractivity contribution is -0.139. The normalized spacial score (nSPS) is 11.8. The lowest BCUT2D eigenvalue weighted by Crippen LogP contribution is -2.41. The van der Waals surface area contributed by atoms with Gasteiger partial charge in [-0.05, 0) is 16.7 Å². The molecule has 98 valence electrons. The maximum absolute atomic E-state index is 11.6. The number of carbonyl (C=O) groups is 3. The minimum absolute atomic E-state index is 0.137. The van der Waals surface area contributed by atoms with Gasteiger partial charge in [-0.1, -0.05) is 0 Å². The quantitative estimate of drug-likeness (QED) is 0.456. The molecule has 0 aliphatic carbocycles. The first-order valence-electron chi connectivity index (χ1n) is 4.81. The van der Waals surface area contributed by atoms with Crippen molar-refractivity contribution < 1.29 is 24.1 Å². The maximum atomic E-state index is 11.6. The molecule has 1 aromatic rings. The van der Waals surface area contributed by atoms with Gasteiger partial charge in [-0.15, -0.1) is 0 Å². The molecular formula is C8H11N5O5. The first kappa shape index (κ1) is 13.4. The minimum atomic E-state index is -1.31. The van der Waals surface area contributed by atoms with E-state index >= 15 is 0 Å². The standard InChI is InChI=1S/C8H11N5O5/c9-4(14)2-1-3(8(16)17)11-7(15)5-6(10)13-18-12-5/h3H,1-2H2,(H2,9,14)(H2,10,13)(H,11,15)(H,16,17)/t3-/m1/s1. The molecule has 0 aliphatic rings. The molecule has 2 amide bonds. The van der Waals surface area contributed by atoms with Crippen molar-refractivity contribution in [1.29, 1.82) is 0 Å². The predicted molar refractivity (Wildman–Crippen MR) is 56.0 cm³/mol. The number of carboxylic acids is 1. The number of aromatic nitrogens is 2. The van der Waals surface area contributed by atoms with Gasteiger partial charge in [0.2, 0.25) is 17.4 Å². The van der Waals surface area contributed by atoms with Gasteiger partial charge in [0.15, 0.2) is 0 Å². The molecule has 0 radical (unpaired) electrons. The average molecular weight is 257 g/mol. The molecule has 1 rings (SSSR count). The lowest BCUT2D eigenvalue weighted by Gasteiger charge is -2.12. The van der Waals surface area contributed by atoms with E-state index in [1.54, 1.807) is 0 Å². The fraction of sp³-hybridized carbons (Fsp3) is 0.375. The summed E-state index contributed by atoms with van der Waals surface area (Å²) in [5.74, 6) is -3.09. The molecule has 6 N–H and O–H groups in total. The first-order valence-corrected chi connectivity index (χ1v) is 4.81. The van der Waals surface area contributed by atoms with Gasteiger partial charge in [0.1, 0.15) is 6.04 Å². The summed E-state index contributed by atoms with van der Waals surface area (Å²) in [5, 5.41) is 17.4. The van der Waals surface area contributed by atoms with Gasteiger partial charge in [-0.25, -0.2) is 9.42 Å². The van der Waals surface area contributed by atoms with Crippen LogP contribution in [-0.4, -0.2) is 39.2 Å². The van der Waals surface area contributed by atoms with E-state index in [1.165, 1.54) is 0 Å². The van der Waals surface area contributed by atoms with Crippen LogP contribution in [0.4, 0.5) is 5.82 Å². The molecule has 0 spiro atoms. The molecule has 1 heterocycles. The number of aliphatic carboxylic acids is 1. The van der Waals surface area contributed by atoms with Crippen LogP contribution in [0.25, 0.3) is 0 Å². The lowest BCUT2D eigenvalue weighted by atomic mass is 10.1.